The number of carbonyl (C=O) groups excluding carboxylic acids is 3. The number of aliphatic hydroxyl groups is 1. The Bertz CT molecular complexity index is 1160. The van der Waals surface area contributed by atoms with Crippen LogP contribution in [-0.2, 0) is 19.1 Å². The lowest BCUT2D eigenvalue weighted by Crippen LogP contribution is -2.54. The molecule has 2 aromatic rings. The summed E-state index contributed by atoms with van der Waals surface area (Å²) in [6.45, 7) is 2.08. The Hall–Kier alpha value is -2.94. The lowest BCUT2D eigenvalue weighted by Gasteiger charge is -2.36. The first kappa shape index (κ1) is 24.7. The second-order valence-corrected chi connectivity index (χ2v) is 10.1. The molecule has 0 aliphatic carbocycles. The molecule has 3 aliphatic heterocycles. The fourth-order valence-corrected chi connectivity index (χ4v) is 6.37. The molecule has 3 fully saturated rings. The number of hydrogen-bond acceptors (Lipinski definition) is 5. The molecule has 1 spiro atoms. The van der Waals surface area contributed by atoms with Gasteiger partial charge in [-0.25, -0.2) is 0 Å². The van der Waals surface area contributed by atoms with E-state index in [0.717, 1.165) is 6.42 Å². The van der Waals surface area contributed by atoms with Crippen molar-refractivity contribution < 1.29 is 24.2 Å². The number of nitrogens with zero attached hydrogens (tertiary/aromatic N) is 1. The maximum Gasteiger partial charge on any atom is 0.250 e. The van der Waals surface area contributed by atoms with E-state index in [1.165, 1.54) is 4.90 Å². The van der Waals surface area contributed by atoms with Gasteiger partial charge in [-0.05, 0) is 37.0 Å². The summed E-state index contributed by atoms with van der Waals surface area (Å²) in [5, 5.41) is 16.6. The second-order valence-electron chi connectivity index (χ2n) is 9.67. The normalized spacial score (nSPS) is 29.2. The highest BCUT2D eigenvalue weighted by molar-refractivity contribution is 6.33. The molecule has 5 rings (SSSR count). The summed E-state index contributed by atoms with van der Waals surface area (Å²) in [4.78, 5) is 42.7. The summed E-state index contributed by atoms with van der Waals surface area (Å²) in [6.07, 6.45) is 1.38. The average molecular weight is 512 g/mol. The molecule has 9 heteroatoms. The van der Waals surface area contributed by atoms with Crippen LogP contribution in [0.4, 0.5) is 5.69 Å². The van der Waals surface area contributed by atoms with Crippen LogP contribution in [0.5, 0.6) is 0 Å². The third-order valence-electron chi connectivity index (χ3n) is 7.66. The molecule has 2 bridgehead atoms. The molecule has 3 aliphatic rings. The van der Waals surface area contributed by atoms with Gasteiger partial charge in [-0.1, -0.05) is 61.0 Å². The molecule has 36 heavy (non-hydrogen) atoms. The Morgan fingerprint density at radius 1 is 1.17 bits per heavy atom. The van der Waals surface area contributed by atoms with E-state index in [2.05, 4.69) is 10.6 Å². The Labute approximate surface area is 215 Å². The molecule has 2 unspecified atom stereocenters. The highest BCUT2D eigenvalue weighted by Crippen LogP contribution is 2.59. The molecule has 2 aromatic carbocycles. The van der Waals surface area contributed by atoms with Gasteiger partial charge in [0.1, 0.15) is 11.6 Å². The largest absolute Gasteiger partial charge is 0.394 e. The number of fused-ring (bicyclic) bond motifs is 1. The highest BCUT2D eigenvalue weighted by atomic mass is 35.5. The number of carbonyl (C=O) groups is 3. The van der Waals surface area contributed by atoms with Gasteiger partial charge in [0, 0.05) is 6.54 Å². The fraction of sp³-hybridized carbons (Fsp3) is 0.444. The first-order valence-corrected chi connectivity index (χ1v) is 12.8. The molecule has 3 saturated heterocycles. The van der Waals surface area contributed by atoms with E-state index in [9.17, 15) is 19.5 Å². The standard InChI is InChI=1S/C27H30ClN3O5/c1-2-14-29-24(33)21-20-12-13-27(36-20)22(21)26(35)31(19(15-32)16-8-4-3-5-9-16)23(27)25(34)30-18-11-7-6-10-17(18)28/h3-11,19-23,32H,2,12-15H2,1H3,(H,29,33)(H,30,34)/t19-,20+,21-,22+,23?,27?/m1/s1. The maximum absolute atomic E-state index is 14.1. The molecule has 3 heterocycles. The summed E-state index contributed by atoms with van der Waals surface area (Å²) in [5.74, 6) is -2.53. The van der Waals surface area contributed by atoms with E-state index in [-0.39, 0.29) is 18.4 Å². The number of aliphatic hydroxyl groups excluding tert-OH is 1. The molecule has 0 aromatic heterocycles. The fourth-order valence-electron chi connectivity index (χ4n) is 6.19. The summed E-state index contributed by atoms with van der Waals surface area (Å²) in [7, 11) is 0. The van der Waals surface area contributed by atoms with E-state index in [1.807, 2.05) is 37.3 Å². The Morgan fingerprint density at radius 3 is 2.58 bits per heavy atom. The van der Waals surface area contributed by atoms with Crippen molar-refractivity contribution >= 4 is 35.0 Å². The van der Waals surface area contributed by atoms with Gasteiger partial charge in [-0.2, -0.15) is 0 Å². The van der Waals surface area contributed by atoms with Gasteiger partial charge in [0.05, 0.1) is 41.3 Å². The minimum atomic E-state index is -1.16. The van der Waals surface area contributed by atoms with E-state index < -0.39 is 41.5 Å². The van der Waals surface area contributed by atoms with Crippen LogP contribution < -0.4 is 10.6 Å². The summed E-state index contributed by atoms with van der Waals surface area (Å²) in [5.41, 5.74) is -0.0491. The van der Waals surface area contributed by atoms with E-state index in [4.69, 9.17) is 16.3 Å². The Kier molecular flexibility index (Phi) is 6.76. The van der Waals surface area contributed by atoms with Crippen LogP contribution in [0.1, 0.15) is 37.8 Å². The molecular formula is C27H30ClN3O5. The summed E-state index contributed by atoms with van der Waals surface area (Å²) >= 11 is 6.31. The third kappa shape index (κ3) is 3.88. The number of halogens is 1. The number of benzene rings is 2. The van der Waals surface area contributed by atoms with Crippen LogP contribution in [0.3, 0.4) is 0 Å². The van der Waals surface area contributed by atoms with Crippen molar-refractivity contribution in [1.29, 1.82) is 0 Å². The quantitative estimate of drug-likeness (QED) is 0.505. The zero-order valence-electron chi connectivity index (χ0n) is 20.0. The molecule has 0 radical (unpaired) electrons. The third-order valence-corrected chi connectivity index (χ3v) is 7.99. The van der Waals surface area contributed by atoms with Crippen LogP contribution >= 0.6 is 11.6 Å². The van der Waals surface area contributed by atoms with Crippen molar-refractivity contribution in [2.24, 2.45) is 11.8 Å². The number of ether oxygens (including phenoxy) is 1. The van der Waals surface area contributed by atoms with Crippen LogP contribution in [0.15, 0.2) is 54.6 Å². The van der Waals surface area contributed by atoms with Gasteiger partial charge in [0.15, 0.2) is 0 Å². The minimum Gasteiger partial charge on any atom is -0.394 e. The summed E-state index contributed by atoms with van der Waals surface area (Å²) in [6, 6.07) is 14.2. The smallest absolute Gasteiger partial charge is 0.250 e. The highest BCUT2D eigenvalue weighted by Gasteiger charge is 2.75. The zero-order chi connectivity index (χ0) is 25.4. The van der Waals surface area contributed by atoms with Crippen LogP contribution in [-0.4, -0.2) is 58.6 Å². The second kappa shape index (κ2) is 9.84. The van der Waals surface area contributed by atoms with Crippen molar-refractivity contribution in [1.82, 2.24) is 10.2 Å². The monoisotopic (exact) mass is 511 g/mol. The molecular weight excluding hydrogens is 482 g/mol. The number of likely N-dealkylation sites (tertiary alicyclic amines) is 1. The van der Waals surface area contributed by atoms with Crippen molar-refractivity contribution in [3.05, 3.63) is 65.2 Å². The van der Waals surface area contributed by atoms with Crippen molar-refractivity contribution in [3.63, 3.8) is 0 Å². The van der Waals surface area contributed by atoms with E-state index >= 15 is 0 Å². The van der Waals surface area contributed by atoms with Gasteiger partial charge < -0.3 is 25.4 Å². The first-order chi connectivity index (χ1) is 17.4. The lowest BCUT2D eigenvalue weighted by atomic mass is 9.70. The van der Waals surface area contributed by atoms with Gasteiger partial charge >= 0.3 is 0 Å². The van der Waals surface area contributed by atoms with Crippen LogP contribution in [0.2, 0.25) is 5.02 Å². The molecule has 6 atom stereocenters. The number of anilines is 1. The van der Waals surface area contributed by atoms with Gasteiger partial charge in [-0.3, -0.25) is 14.4 Å². The average Bonchev–Trinajstić information content (AvgIpc) is 3.53. The zero-order valence-corrected chi connectivity index (χ0v) is 20.8. The number of rotatable bonds is 8. The SMILES string of the molecule is CCCNC(=O)[C@@H]1[C@@H]2CCC3(O2)C(C(=O)Nc2ccccc2Cl)N([C@H](CO)c2ccccc2)C(=O)[C@H]13. The first-order valence-electron chi connectivity index (χ1n) is 12.4. The van der Waals surface area contributed by atoms with Crippen LogP contribution in [0.25, 0.3) is 0 Å². The van der Waals surface area contributed by atoms with Crippen molar-refractivity contribution in [2.45, 2.75) is 50.0 Å². The van der Waals surface area contributed by atoms with E-state index in [1.54, 1.807) is 24.3 Å². The number of para-hydroxylation sites is 1. The summed E-state index contributed by atoms with van der Waals surface area (Å²) < 4.78 is 6.43. The predicted octanol–water partition coefficient (Wildman–Crippen LogP) is 2.91. The van der Waals surface area contributed by atoms with Gasteiger partial charge in [-0.15, -0.1) is 0 Å². The number of amides is 3. The van der Waals surface area contributed by atoms with E-state index in [0.29, 0.717) is 35.7 Å². The van der Waals surface area contributed by atoms with Crippen molar-refractivity contribution in [2.75, 3.05) is 18.5 Å². The lowest BCUT2D eigenvalue weighted by molar-refractivity contribution is -0.144. The molecule has 190 valence electrons. The number of hydrogen-bond donors (Lipinski definition) is 3. The molecule has 0 saturated carbocycles. The minimum absolute atomic E-state index is 0.228. The number of nitrogens with one attached hydrogen (secondary N) is 2. The topological polar surface area (TPSA) is 108 Å². The van der Waals surface area contributed by atoms with Crippen LogP contribution in [0, 0.1) is 11.8 Å². The van der Waals surface area contributed by atoms with Gasteiger partial charge in [0.2, 0.25) is 17.7 Å². The predicted molar refractivity (Wildman–Crippen MR) is 134 cm³/mol. The molecule has 3 N–H and O–H groups in total. The Balaban J connectivity index is 1.57. The van der Waals surface area contributed by atoms with Crippen molar-refractivity contribution in [3.8, 4) is 0 Å². The Morgan fingerprint density at radius 2 is 1.89 bits per heavy atom. The maximum atomic E-state index is 14.1. The molecule has 3 amide bonds. The molecule has 8 nitrogen and oxygen atoms in total. The van der Waals surface area contributed by atoms with Gasteiger partial charge in [0.25, 0.3) is 0 Å².